The van der Waals surface area contributed by atoms with E-state index >= 15 is 0 Å². The highest BCUT2D eigenvalue weighted by Gasteiger charge is 2.23. The van der Waals surface area contributed by atoms with Crippen LogP contribution in [0, 0.1) is 19.8 Å². The average Bonchev–Trinajstić information content (AvgIpc) is 2.35. The summed E-state index contributed by atoms with van der Waals surface area (Å²) in [4.78, 5) is 12.1. The molecule has 0 saturated carbocycles. The number of hydrogen-bond donors (Lipinski definition) is 1. The van der Waals surface area contributed by atoms with Gasteiger partial charge in [0.05, 0.1) is 0 Å². The number of carbonyl (C=O) groups excluding carboxylic acids is 1. The lowest BCUT2D eigenvalue weighted by Gasteiger charge is -2.19. The monoisotopic (exact) mass is 248 g/mol. The van der Waals surface area contributed by atoms with Crippen LogP contribution in [0.3, 0.4) is 0 Å². The molecule has 0 aliphatic carbocycles. The molecule has 2 nitrogen and oxygen atoms in total. The van der Waals surface area contributed by atoms with Gasteiger partial charge >= 0.3 is 0 Å². The minimum absolute atomic E-state index is 0.0545. The van der Waals surface area contributed by atoms with Crippen molar-refractivity contribution in [2.24, 2.45) is 5.92 Å². The Labute approximate surface area is 110 Å². The first-order chi connectivity index (χ1) is 8.51. The number of carbonyl (C=O) groups is 1. The molecule has 1 aromatic rings. The molecule has 18 heavy (non-hydrogen) atoms. The van der Waals surface area contributed by atoms with E-state index in [2.05, 4.69) is 0 Å². The van der Waals surface area contributed by atoms with Gasteiger partial charge in [0, 0.05) is 6.42 Å². The minimum atomic E-state index is -0.820. The number of Topliss-reactive ketones (excluding diaryl/α,β-unsaturated/α-hetero) is 1. The van der Waals surface area contributed by atoms with Crippen LogP contribution < -0.4 is 0 Å². The Kier molecular flexibility index (Phi) is 5.54. The number of aliphatic hydroxyl groups excluding tert-OH is 1. The molecule has 0 fully saturated rings. The van der Waals surface area contributed by atoms with Gasteiger partial charge < -0.3 is 5.11 Å². The largest absolute Gasteiger partial charge is 0.385 e. The third-order valence-electron chi connectivity index (χ3n) is 3.82. The van der Waals surface area contributed by atoms with Crippen molar-refractivity contribution in [3.8, 4) is 0 Å². The van der Waals surface area contributed by atoms with Crippen LogP contribution in [0.4, 0.5) is 0 Å². The zero-order valence-electron chi connectivity index (χ0n) is 11.9. The summed E-state index contributed by atoms with van der Waals surface area (Å²) >= 11 is 0. The molecule has 0 aliphatic rings. The predicted octanol–water partition coefficient (Wildman–Crippen LogP) is 3.21. The maximum atomic E-state index is 12.1. The molecule has 2 heteroatoms. The zero-order chi connectivity index (χ0) is 13.7. The van der Waals surface area contributed by atoms with Crippen LogP contribution in [-0.2, 0) is 11.2 Å². The van der Waals surface area contributed by atoms with Crippen molar-refractivity contribution in [3.63, 3.8) is 0 Å². The predicted molar refractivity (Wildman–Crippen MR) is 74.7 cm³/mol. The molecule has 1 unspecified atom stereocenters. The Bertz CT molecular complexity index is 385. The summed E-state index contributed by atoms with van der Waals surface area (Å²) in [5, 5.41) is 10.1. The van der Waals surface area contributed by atoms with Gasteiger partial charge in [-0.15, -0.1) is 0 Å². The van der Waals surface area contributed by atoms with E-state index in [1.165, 1.54) is 0 Å². The van der Waals surface area contributed by atoms with Gasteiger partial charge in [0.1, 0.15) is 6.10 Å². The fourth-order valence-electron chi connectivity index (χ4n) is 2.40. The van der Waals surface area contributed by atoms with Crippen molar-refractivity contribution in [1.82, 2.24) is 0 Å². The van der Waals surface area contributed by atoms with Gasteiger partial charge in [0.2, 0.25) is 0 Å². The topological polar surface area (TPSA) is 37.3 Å². The van der Waals surface area contributed by atoms with Crippen molar-refractivity contribution in [2.75, 3.05) is 0 Å². The van der Waals surface area contributed by atoms with E-state index in [-0.39, 0.29) is 11.7 Å². The molecule has 1 N–H and O–H groups in total. The van der Waals surface area contributed by atoms with Crippen molar-refractivity contribution < 1.29 is 9.90 Å². The summed E-state index contributed by atoms with van der Waals surface area (Å²) in [7, 11) is 0. The van der Waals surface area contributed by atoms with Crippen molar-refractivity contribution in [1.29, 1.82) is 0 Å². The first-order valence-corrected chi connectivity index (χ1v) is 6.77. The summed E-state index contributed by atoms with van der Waals surface area (Å²) < 4.78 is 0. The molecule has 100 valence electrons. The minimum Gasteiger partial charge on any atom is -0.385 e. The molecule has 0 bridgehead atoms. The van der Waals surface area contributed by atoms with E-state index < -0.39 is 6.10 Å². The van der Waals surface area contributed by atoms with E-state index in [1.54, 1.807) is 0 Å². The second kappa shape index (κ2) is 6.69. The Morgan fingerprint density at radius 2 is 1.67 bits per heavy atom. The Morgan fingerprint density at radius 1 is 1.17 bits per heavy atom. The first-order valence-electron chi connectivity index (χ1n) is 6.77. The van der Waals surface area contributed by atoms with E-state index in [0.29, 0.717) is 6.42 Å². The molecule has 0 radical (unpaired) electrons. The van der Waals surface area contributed by atoms with Crippen molar-refractivity contribution in [2.45, 2.75) is 53.1 Å². The lowest BCUT2D eigenvalue weighted by molar-refractivity contribution is -0.129. The molecule has 1 rings (SSSR count). The molecule has 0 spiro atoms. The van der Waals surface area contributed by atoms with Crippen molar-refractivity contribution in [3.05, 3.63) is 34.9 Å². The van der Waals surface area contributed by atoms with Crippen LogP contribution in [0.25, 0.3) is 0 Å². The molecule has 0 aliphatic heterocycles. The third-order valence-corrected chi connectivity index (χ3v) is 3.82. The first kappa shape index (κ1) is 14.9. The summed E-state index contributed by atoms with van der Waals surface area (Å²) in [6.45, 7) is 8.06. The highest BCUT2D eigenvalue weighted by atomic mass is 16.3. The van der Waals surface area contributed by atoms with Crippen LogP contribution in [0.2, 0.25) is 0 Å². The number of aliphatic hydroxyl groups is 1. The maximum Gasteiger partial charge on any atom is 0.165 e. The lowest BCUT2D eigenvalue weighted by atomic mass is 9.89. The summed E-state index contributed by atoms with van der Waals surface area (Å²) in [5.41, 5.74) is 3.31. The van der Waals surface area contributed by atoms with Crippen LogP contribution in [-0.4, -0.2) is 17.0 Å². The second-order valence-electron chi connectivity index (χ2n) is 5.03. The lowest BCUT2D eigenvalue weighted by Crippen LogP contribution is -2.30. The molecule has 1 aromatic carbocycles. The molecule has 0 amide bonds. The zero-order valence-corrected chi connectivity index (χ0v) is 11.9. The normalized spacial score (nSPS) is 12.8. The molecule has 1 atom stereocenters. The van der Waals surface area contributed by atoms with Crippen molar-refractivity contribution >= 4 is 5.78 Å². The Balaban J connectivity index is 2.81. The van der Waals surface area contributed by atoms with E-state index in [4.69, 9.17) is 0 Å². The third kappa shape index (κ3) is 3.42. The van der Waals surface area contributed by atoms with E-state index in [9.17, 15) is 9.90 Å². The van der Waals surface area contributed by atoms with Crippen LogP contribution in [0.1, 0.15) is 43.4 Å². The molecular weight excluding hydrogens is 224 g/mol. The Hall–Kier alpha value is -1.15. The highest BCUT2D eigenvalue weighted by Crippen LogP contribution is 2.19. The van der Waals surface area contributed by atoms with Crippen LogP contribution in [0.15, 0.2) is 18.2 Å². The Morgan fingerprint density at radius 3 is 2.11 bits per heavy atom. The van der Waals surface area contributed by atoms with Gasteiger partial charge in [-0.05, 0) is 36.5 Å². The van der Waals surface area contributed by atoms with Gasteiger partial charge in [-0.1, -0.05) is 44.9 Å². The smallest absolute Gasteiger partial charge is 0.165 e. The molecule has 0 saturated heterocycles. The van der Waals surface area contributed by atoms with Crippen LogP contribution in [0.5, 0.6) is 0 Å². The summed E-state index contributed by atoms with van der Waals surface area (Å²) in [6, 6.07) is 6.02. The maximum absolute atomic E-state index is 12.1. The SMILES string of the molecule is CCC(CC)C(O)C(=O)Cc1c(C)cccc1C. The number of benzene rings is 1. The molecule has 0 aromatic heterocycles. The van der Waals surface area contributed by atoms with Gasteiger partial charge in [-0.2, -0.15) is 0 Å². The number of aryl methyl sites for hydroxylation is 2. The summed E-state index contributed by atoms with van der Waals surface area (Å²) in [5.74, 6) is 0.0305. The van der Waals surface area contributed by atoms with Gasteiger partial charge in [0.15, 0.2) is 5.78 Å². The standard InChI is InChI=1S/C16H24O2/c1-5-13(6-2)16(18)15(17)10-14-11(3)8-7-9-12(14)4/h7-9,13,16,18H,5-6,10H2,1-4H3. The number of ketones is 1. The van der Waals surface area contributed by atoms with Gasteiger partial charge in [-0.3, -0.25) is 4.79 Å². The van der Waals surface area contributed by atoms with Gasteiger partial charge in [-0.25, -0.2) is 0 Å². The highest BCUT2D eigenvalue weighted by molar-refractivity contribution is 5.85. The number of rotatable bonds is 6. The fraction of sp³-hybridized carbons (Fsp3) is 0.562. The van der Waals surface area contributed by atoms with Crippen LogP contribution >= 0.6 is 0 Å². The molecular formula is C16H24O2. The van der Waals surface area contributed by atoms with Gasteiger partial charge in [0.25, 0.3) is 0 Å². The fourth-order valence-corrected chi connectivity index (χ4v) is 2.40. The van der Waals surface area contributed by atoms with E-state index in [0.717, 1.165) is 29.5 Å². The van der Waals surface area contributed by atoms with E-state index in [1.807, 2.05) is 45.9 Å². The molecule has 0 heterocycles. The second-order valence-corrected chi connectivity index (χ2v) is 5.03. The number of hydrogen-bond acceptors (Lipinski definition) is 2. The average molecular weight is 248 g/mol. The quantitative estimate of drug-likeness (QED) is 0.839. The summed E-state index contributed by atoms with van der Waals surface area (Å²) in [6.07, 6.45) is 1.21.